The van der Waals surface area contributed by atoms with Crippen LogP contribution in [0.4, 0.5) is 0 Å². The van der Waals surface area contributed by atoms with Gasteiger partial charge in [0.1, 0.15) is 10.8 Å². The zero-order chi connectivity index (χ0) is 16.4. The number of rotatable bonds is 5. The van der Waals surface area contributed by atoms with E-state index in [0.29, 0.717) is 0 Å². The number of benzene rings is 1. The molecule has 3 aromatic rings. The first kappa shape index (κ1) is 16.2. The fourth-order valence-corrected chi connectivity index (χ4v) is 3.38. The van der Waals surface area contributed by atoms with Crippen LogP contribution in [0.5, 0.6) is 0 Å². The zero-order valence-electron chi connectivity index (χ0n) is 13.3. The number of nitrogens with zero attached hydrogens (tertiary/aromatic N) is 3. The number of hydrogen-bond acceptors (Lipinski definition) is 5. The molecule has 23 heavy (non-hydrogen) atoms. The first-order valence-corrected chi connectivity index (χ1v) is 8.59. The van der Waals surface area contributed by atoms with Crippen LogP contribution in [0, 0.1) is 13.8 Å². The average Bonchev–Trinajstić information content (AvgIpc) is 3.10. The topological polar surface area (TPSA) is 42.2 Å². The van der Waals surface area contributed by atoms with Gasteiger partial charge in [-0.05, 0) is 33.0 Å². The molecule has 0 radical (unpaired) electrons. The van der Waals surface area contributed by atoms with Gasteiger partial charge in [-0.1, -0.05) is 28.9 Å². The predicted molar refractivity (Wildman–Crippen MR) is 93.7 cm³/mol. The molecule has 2 heterocycles. The third kappa shape index (κ3) is 3.80. The summed E-state index contributed by atoms with van der Waals surface area (Å²) in [6.45, 7) is 5.51. The summed E-state index contributed by atoms with van der Waals surface area (Å²) in [5.41, 5.74) is 4.27. The van der Waals surface area contributed by atoms with E-state index in [1.807, 2.05) is 38.1 Å². The fourth-order valence-electron chi connectivity index (χ4n) is 2.43. The molecule has 120 valence electrons. The Kier molecular flexibility index (Phi) is 4.80. The highest BCUT2D eigenvalue weighted by Gasteiger charge is 2.13. The van der Waals surface area contributed by atoms with Gasteiger partial charge in [0.2, 0.25) is 0 Å². The molecule has 0 aliphatic carbocycles. The Labute approximate surface area is 144 Å². The van der Waals surface area contributed by atoms with Gasteiger partial charge < -0.3 is 4.52 Å². The highest BCUT2D eigenvalue weighted by molar-refractivity contribution is 7.13. The minimum atomic E-state index is 0.740. The Morgan fingerprint density at radius 1 is 1.17 bits per heavy atom. The van der Waals surface area contributed by atoms with Gasteiger partial charge in [-0.15, -0.1) is 11.3 Å². The van der Waals surface area contributed by atoms with Crippen LogP contribution >= 0.6 is 22.9 Å². The van der Waals surface area contributed by atoms with Crippen molar-refractivity contribution in [1.82, 2.24) is 15.0 Å². The van der Waals surface area contributed by atoms with Crippen LogP contribution in [0.2, 0.25) is 5.02 Å². The maximum atomic E-state index is 5.93. The predicted octanol–water partition coefficient (Wildman–Crippen LogP) is 4.70. The Bertz CT molecular complexity index is 775. The van der Waals surface area contributed by atoms with Crippen molar-refractivity contribution in [2.75, 3.05) is 7.05 Å². The number of thiazole rings is 1. The van der Waals surface area contributed by atoms with Crippen molar-refractivity contribution >= 4 is 22.9 Å². The molecule has 0 atom stereocenters. The molecule has 0 saturated heterocycles. The molecular formula is C17H18ClN3OS. The summed E-state index contributed by atoms with van der Waals surface area (Å²) in [7, 11) is 2.08. The lowest BCUT2D eigenvalue weighted by molar-refractivity contribution is 0.312. The maximum absolute atomic E-state index is 5.93. The summed E-state index contributed by atoms with van der Waals surface area (Å²) < 4.78 is 5.22. The molecular weight excluding hydrogens is 330 g/mol. The summed E-state index contributed by atoms with van der Waals surface area (Å²) in [5.74, 6) is 0.884. The standard InChI is InChI=1S/C17H18ClN3OS/c1-11-16(12(2)22-20-11)9-21(3)8-15-10-23-17(19-15)13-4-6-14(18)7-5-13/h4-7,10H,8-9H2,1-3H3. The Hall–Kier alpha value is -1.69. The molecule has 0 N–H and O–H groups in total. The lowest BCUT2D eigenvalue weighted by Crippen LogP contribution is -2.18. The molecule has 0 fully saturated rings. The van der Waals surface area contributed by atoms with Crippen molar-refractivity contribution < 1.29 is 4.52 Å². The van der Waals surface area contributed by atoms with E-state index in [0.717, 1.165) is 51.4 Å². The van der Waals surface area contributed by atoms with Gasteiger partial charge >= 0.3 is 0 Å². The van der Waals surface area contributed by atoms with E-state index in [9.17, 15) is 0 Å². The van der Waals surface area contributed by atoms with Crippen molar-refractivity contribution in [3.63, 3.8) is 0 Å². The second-order valence-electron chi connectivity index (χ2n) is 5.63. The third-order valence-electron chi connectivity index (χ3n) is 3.68. The summed E-state index contributed by atoms with van der Waals surface area (Å²) >= 11 is 7.58. The van der Waals surface area contributed by atoms with Gasteiger partial charge in [0.05, 0.1) is 11.4 Å². The van der Waals surface area contributed by atoms with E-state index >= 15 is 0 Å². The molecule has 0 amide bonds. The first-order valence-electron chi connectivity index (χ1n) is 7.33. The van der Waals surface area contributed by atoms with Gasteiger partial charge in [0, 0.05) is 34.6 Å². The van der Waals surface area contributed by atoms with Gasteiger partial charge in [-0.3, -0.25) is 4.90 Å². The van der Waals surface area contributed by atoms with Crippen molar-refractivity contribution in [2.45, 2.75) is 26.9 Å². The lowest BCUT2D eigenvalue weighted by Gasteiger charge is -2.14. The molecule has 1 aromatic carbocycles. The Morgan fingerprint density at radius 3 is 2.57 bits per heavy atom. The molecule has 3 rings (SSSR count). The molecule has 2 aromatic heterocycles. The quantitative estimate of drug-likeness (QED) is 0.670. The number of halogens is 1. The van der Waals surface area contributed by atoms with Crippen molar-refractivity contribution in [3.8, 4) is 10.6 Å². The molecule has 0 aliphatic rings. The molecule has 6 heteroatoms. The van der Waals surface area contributed by atoms with Gasteiger partial charge in [-0.25, -0.2) is 4.98 Å². The monoisotopic (exact) mass is 347 g/mol. The normalized spacial score (nSPS) is 11.3. The Balaban J connectivity index is 1.68. The number of hydrogen-bond donors (Lipinski definition) is 0. The van der Waals surface area contributed by atoms with E-state index in [2.05, 4.69) is 22.5 Å². The van der Waals surface area contributed by atoms with E-state index in [1.54, 1.807) is 11.3 Å². The summed E-state index contributed by atoms with van der Waals surface area (Å²) in [5, 5.41) is 7.86. The van der Waals surface area contributed by atoms with Crippen LogP contribution in [-0.2, 0) is 13.1 Å². The largest absolute Gasteiger partial charge is 0.361 e. The maximum Gasteiger partial charge on any atom is 0.138 e. The van der Waals surface area contributed by atoms with Gasteiger partial charge in [0.15, 0.2) is 0 Å². The van der Waals surface area contributed by atoms with Gasteiger partial charge in [-0.2, -0.15) is 0 Å². The Morgan fingerprint density at radius 2 is 1.91 bits per heavy atom. The van der Waals surface area contributed by atoms with Gasteiger partial charge in [0.25, 0.3) is 0 Å². The summed E-state index contributed by atoms with van der Waals surface area (Å²) in [6.07, 6.45) is 0. The fraction of sp³-hybridized carbons (Fsp3) is 0.294. The molecule has 0 unspecified atom stereocenters. The second kappa shape index (κ2) is 6.83. The SMILES string of the molecule is Cc1noc(C)c1CN(C)Cc1csc(-c2ccc(Cl)cc2)n1. The lowest BCUT2D eigenvalue weighted by atomic mass is 10.2. The minimum Gasteiger partial charge on any atom is -0.361 e. The van der Waals surface area contributed by atoms with Crippen LogP contribution in [-0.4, -0.2) is 22.1 Å². The van der Waals surface area contributed by atoms with E-state index in [4.69, 9.17) is 21.1 Å². The van der Waals surface area contributed by atoms with Crippen LogP contribution in [0.3, 0.4) is 0 Å². The summed E-state index contributed by atoms with van der Waals surface area (Å²) in [6, 6.07) is 7.78. The summed E-state index contributed by atoms with van der Waals surface area (Å²) in [4.78, 5) is 6.93. The first-order chi connectivity index (χ1) is 11.0. The molecule has 0 saturated carbocycles. The number of aromatic nitrogens is 2. The molecule has 0 bridgehead atoms. The highest BCUT2D eigenvalue weighted by atomic mass is 35.5. The van der Waals surface area contributed by atoms with Crippen LogP contribution in [0.15, 0.2) is 34.2 Å². The molecule has 4 nitrogen and oxygen atoms in total. The second-order valence-corrected chi connectivity index (χ2v) is 6.92. The number of aryl methyl sites for hydroxylation is 2. The molecule has 0 aliphatic heterocycles. The minimum absolute atomic E-state index is 0.740. The van der Waals surface area contributed by atoms with Crippen molar-refractivity contribution in [3.05, 3.63) is 57.4 Å². The molecule has 0 spiro atoms. The van der Waals surface area contributed by atoms with Crippen LogP contribution in [0.1, 0.15) is 22.7 Å². The van der Waals surface area contributed by atoms with E-state index < -0.39 is 0 Å². The third-order valence-corrected chi connectivity index (χ3v) is 4.88. The van der Waals surface area contributed by atoms with Crippen molar-refractivity contribution in [2.24, 2.45) is 0 Å². The smallest absolute Gasteiger partial charge is 0.138 e. The highest BCUT2D eigenvalue weighted by Crippen LogP contribution is 2.26. The average molecular weight is 348 g/mol. The van der Waals surface area contributed by atoms with E-state index in [-0.39, 0.29) is 0 Å². The van der Waals surface area contributed by atoms with Crippen molar-refractivity contribution in [1.29, 1.82) is 0 Å². The van der Waals surface area contributed by atoms with E-state index in [1.165, 1.54) is 0 Å². The van der Waals surface area contributed by atoms with Crippen LogP contribution < -0.4 is 0 Å². The zero-order valence-corrected chi connectivity index (χ0v) is 14.9. The van der Waals surface area contributed by atoms with Crippen LogP contribution in [0.25, 0.3) is 10.6 Å².